The van der Waals surface area contributed by atoms with Crippen molar-refractivity contribution in [1.82, 2.24) is 0 Å². The van der Waals surface area contributed by atoms with E-state index in [0.717, 1.165) is 50.1 Å². The Morgan fingerprint density at radius 2 is 0.894 bits per heavy atom. The SMILES string of the molecule is CC1(C)c2ccc(-c3ccc(N(c4ccc(-c5ccc6c(c5)sc5ccccc56)cc4)c4ccc(-c5cccc6oc7ccccc7c56)cc4)cc3)cc2-c2ccc(-c3ccccc3)cc21. The van der Waals surface area contributed by atoms with Crippen LogP contribution in [0, 0.1) is 0 Å². The van der Waals surface area contributed by atoms with Crippen LogP contribution in [0.4, 0.5) is 17.1 Å². The zero-order valence-corrected chi connectivity index (χ0v) is 37.4. The maximum atomic E-state index is 6.27. The second-order valence-electron chi connectivity index (χ2n) is 18.1. The molecule has 0 fully saturated rings. The van der Waals surface area contributed by atoms with Crippen LogP contribution in [0.15, 0.2) is 229 Å². The summed E-state index contributed by atoms with van der Waals surface area (Å²) in [5, 5.41) is 4.92. The van der Waals surface area contributed by atoms with Gasteiger partial charge in [0.2, 0.25) is 0 Å². The first kappa shape index (κ1) is 38.5. The molecule has 0 amide bonds. The van der Waals surface area contributed by atoms with E-state index in [0.29, 0.717) is 0 Å². The van der Waals surface area contributed by atoms with E-state index < -0.39 is 0 Å². The van der Waals surface area contributed by atoms with Gasteiger partial charge in [-0.1, -0.05) is 166 Å². The molecule has 0 atom stereocenters. The minimum Gasteiger partial charge on any atom is -0.456 e. The Bertz CT molecular complexity index is 3820. The average molecular weight is 862 g/mol. The number of anilines is 3. The first-order valence-corrected chi connectivity index (χ1v) is 23.5. The number of thiophene rings is 1. The first-order chi connectivity index (χ1) is 32.4. The summed E-state index contributed by atoms with van der Waals surface area (Å²) in [5.41, 5.74) is 20.0. The number of hydrogen-bond acceptors (Lipinski definition) is 3. The Balaban J connectivity index is 0.869. The van der Waals surface area contributed by atoms with Gasteiger partial charge in [0.15, 0.2) is 0 Å². The molecule has 0 saturated carbocycles. The third kappa shape index (κ3) is 6.23. The molecule has 0 aliphatic heterocycles. The predicted molar refractivity (Wildman–Crippen MR) is 281 cm³/mol. The number of hydrogen-bond donors (Lipinski definition) is 0. The molecule has 2 aromatic heterocycles. The molecule has 13 rings (SSSR count). The second-order valence-corrected chi connectivity index (χ2v) is 19.2. The van der Waals surface area contributed by atoms with Crippen LogP contribution >= 0.6 is 11.3 Å². The van der Waals surface area contributed by atoms with Gasteiger partial charge in [-0.3, -0.25) is 0 Å². The number of benzene rings is 10. The van der Waals surface area contributed by atoms with Crippen molar-refractivity contribution in [3.8, 4) is 55.6 Å². The van der Waals surface area contributed by atoms with E-state index in [4.69, 9.17) is 4.42 Å². The molecule has 1 aliphatic rings. The zero-order chi connectivity index (χ0) is 43.9. The molecule has 0 spiro atoms. The van der Waals surface area contributed by atoms with Gasteiger partial charge in [0.25, 0.3) is 0 Å². The van der Waals surface area contributed by atoms with Gasteiger partial charge < -0.3 is 9.32 Å². The summed E-state index contributed by atoms with van der Waals surface area (Å²) < 4.78 is 8.91. The fraction of sp³-hybridized carbons (Fsp3) is 0.0476. The topological polar surface area (TPSA) is 16.4 Å². The molecule has 10 aromatic carbocycles. The summed E-state index contributed by atoms with van der Waals surface area (Å²) in [7, 11) is 0. The van der Waals surface area contributed by atoms with E-state index in [1.54, 1.807) is 0 Å². The van der Waals surface area contributed by atoms with Crippen molar-refractivity contribution in [2.75, 3.05) is 4.90 Å². The molecule has 0 N–H and O–H groups in total. The molecule has 1 aliphatic carbocycles. The van der Waals surface area contributed by atoms with Gasteiger partial charge in [0.1, 0.15) is 11.2 Å². The molecular formula is C63H43NOS. The Hall–Kier alpha value is -7.98. The molecule has 12 aromatic rings. The summed E-state index contributed by atoms with van der Waals surface area (Å²) in [6.45, 7) is 4.72. The van der Waals surface area contributed by atoms with Gasteiger partial charge in [-0.2, -0.15) is 0 Å². The third-order valence-electron chi connectivity index (χ3n) is 13.9. The van der Waals surface area contributed by atoms with Crippen LogP contribution in [0.3, 0.4) is 0 Å². The van der Waals surface area contributed by atoms with Crippen molar-refractivity contribution < 1.29 is 4.42 Å². The smallest absolute Gasteiger partial charge is 0.136 e. The highest BCUT2D eigenvalue weighted by molar-refractivity contribution is 7.25. The van der Waals surface area contributed by atoms with Crippen LogP contribution in [0.2, 0.25) is 0 Å². The van der Waals surface area contributed by atoms with Crippen molar-refractivity contribution >= 4 is 70.5 Å². The van der Waals surface area contributed by atoms with Crippen LogP contribution in [0.25, 0.3) is 97.7 Å². The van der Waals surface area contributed by atoms with Gasteiger partial charge in [-0.25, -0.2) is 0 Å². The standard InChI is InChI=1S/C63H43NOS/c1-63(2)56-36-27-44(37-55(56)51-34-25-45(38-57(51)63)40-11-4-3-5-12-40)41-19-28-47(29-20-41)64(48-30-21-42(22-31-48)46-26-35-53-52-13-7-9-18-60(52)66-61(53)39-46)49-32-23-43(24-33-49)50-15-10-17-59-62(50)54-14-6-8-16-58(54)65-59/h3-39H,1-2H3. The highest BCUT2D eigenvalue weighted by atomic mass is 32.1. The van der Waals surface area contributed by atoms with Crippen molar-refractivity contribution in [2.45, 2.75) is 19.3 Å². The third-order valence-corrected chi connectivity index (χ3v) is 15.1. The minimum absolute atomic E-state index is 0.0897. The molecule has 66 heavy (non-hydrogen) atoms. The molecule has 3 heteroatoms. The Kier molecular flexibility index (Phi) is 8.78. The van der Waals surface area contributed by atoms with Crippen molar-refractivity contribution in [3.05, 3.63) is 236 Å². The van der Waals surface area contributed by atoms with Crippen LogP contribution < -0.4 is 4.90 Å². The molecule has 2 nitrogen and oxygen atoms in total. The predicted octanol–water partition coefficient (Wildman–Crippen LogP) is 18.4. The minimum atomic E-state index is -0.0897. The number of fused-ring (bicyclic) bond motifs is 9. The van der Waals surface area contributed by atoms with Gasteiger partial charge in [-0.05, 0) is 140 Å². The number of nitrogens with zero attached hydrogens (tertiary/aromatic N) is 1. The van der Waals surface area contributed by atoms with E-state index in [2.05, 4.69) is 231 Å². The summed E-state index contributed by atoms with van der Waals surface area (Å²) in [6.07, 6.45) is 0. The molecule has 312 valence electrons. The normalized spacial score (nSPS) is 12.8. The maximum Gasteiger partial charge on any atom is 0.136 e. The monoisotopic (exact) mass is 861 g/mol. The fourth-order valence-corrected chi connectivity index (χ4v) is 11.7. The lowest BCUT2D eigenvalue weighted by atomic mass is 9.81. The van der Waals surface area contributed by atoms with E-state index in [1.807, 2.05) is 23.5 Å². The second kappa shape index (κ2) is 15.1. The number of rotatable bonds is 7. The van der Waals surface area contributed by atoms with Crippen LogP contribution in [0.5, 0.6) is 0 Å². The lowest BCUT2D eigenvalue weighted by Gasteiger charge is -2.26. The summed E-state index contributed by atoms with van der Waals surface area (Å²) in [4.78, 5) is 2.37. The Labute approximate surface area is 388 Å². The van der Waals surface area contributed by atoms with Gasteiger partial charge in [0, 0.05) is 53.4 Å². The quantitative estimate of drug-likeness (QED) is 0.159. The highest BCUT2D eigenvalue weighted by Gasteiger charge is 2.36. The molecule has 0 radical (unpaired) electrons. The Morgan fingerprint density at radius 1 is 0.348 bits per heavy atom. The molecule has 0 saturated heterocycles. The largest absolute Gasteiger partial charge is 0.456 e. The van der Waals surface area contributed by atoms with Crippen molar-refractivity contribution in [1.29, 1.82) is 0 Å². The lowest BCUT2D eigenvalue weighted by molar-refractivity contribution is 0.660. The maximum absolute atomic E-state index is 6.27. The molecule has 2 heterocycles. The average Bonchev–Trinajstić information content (AvgIpc) is 4.02. The van der Waals surface area contributed by atoms with Crippen LogP contribution in [-0.2, 0) is 5.41 Å². The Morgan fingerprint density at radius 3 is 1.64 bits per heavy atom. The zero-order valence-electron chi connectivity index (χ0n) is 36.6. The van der Waals surface area contributed by atoms with E-state index in [9.17, 15) is 0 Å². The van der Waals surface area contributed by atoms with Crippen molar-refractivity contribution in [3.63, 3.8) is 0 Å². The van der Waals surface area contributed by atoms with Crippen molar-refractivity contribution in [2.24, 2.45) is 0 Å². The van der Waals surface area contributed by atoms with Crippen LogP contribution in [0.1, 0.15) is 25.0 Å². The number of furan rings is 1. The van der Waals surface area contributed by atoms with Gasteiger partial charge in [0.05, 0.1) is 0 Å². The molecule has 0 unspecified atom stereocenters. The number of para-hydroxylation sites is 1. The summed E-state index contributed by atoms with van der Waals surface area (Å²) in [5.74, 6) is 0. The molecule has 0 bridgehead atoms. The summed E-state index contributed by atoms with van der Waals surface area (Å²) >= 11 is 1.86. The van der Waals surface area contributed by atoms with E-state index in [-0.39, 0.29) is 5.41 Å². The fourth-order valence-electron chi connectivity index (χ4n) is 10.5. The highest BCUT2D eigenvalue weighted by Crippen LogP contribution is 2.51. The van der Waals surface area contributed by atoms with Crippen LogP contribution in [-0.4, -0.2) is 0 Å². The van der Waals surface area contributed by atoms with E-state index >= 15 is 0 Å². The van der Waals surface area contributed by atoms with Gasteiger partial charge in [-0.15, -0.1) is 11.3 Å². The van der Waals surface area contributed by atoms with E-state index in [1.165, 1.54) is 75.8 Å². The lowest BCUT2D eigenvalue weighted by Crippen LogP contribution is -2.15. The summed E-state index contributed by atoms with van der Waals surface area (Å²) in [6, 6.07) is 82.1. The first-order valence-electron chi connectivity index (χ1n) is 22.7. The molecular weight excluding hydrogens is 819 g/mol. The van der Waals surface area contributed by atoms with Gasteiger partial charge >= 0.3 is 0 Å².